The molecule has 1 saturated heterocycles. The van der Waals surface area contributed by atoms with Gasteiger partial charge in [0.25, 0.3) is 0 Å². The topological polar surface area (TPSA) is 117 Å². The van der Waals surface area contributed by atoms with Crippen molar-refractivity contribution in [3.05, 3.63) is 24.7 Å². The second kappa shape index (κ2) is 7.09. The van der Waals surface area contributed by atoms with E-state index in [0.29, 0.717) is 29.8 Å². The van der Waals surface area contributed by atoms with Gasteiger partial charge >= 0.3 is 0 Å². The van der Waals surface area contributed by atoms with Crippen molar-refractivity contribution in [2.75, 3.05) is 29.0 Å². The molecular formula is C17H18N8S. The lowest BCUT2D eigenvalue weighted by Crippen LogP contribution is -2.35. The molecule has 3 aromatic rings. The maximum atomic E-state index is 8.97. The van der Waals surface area contributed by atoms with E-state index in [0.717, 1.165) is 41.3 Å². The molecule has 4 rings (SSSR count). The van der Waals surface area contributed by atoms with E-state index in [1.165, 1.54) is 6.33 Å². The van der Waals surface area contributed by atoms with Crippen LogP contribution in [-0.4, -0.2) is 33.0 Å². The van der Waals surface area contributed by atoms with Crippen LogP contribution >= 0.6 is 11.3 Å². The van der Waals surface area contributed by atoms with Gasteiger partial charge in [-0.25, -0.2) is 19.9 Å². The molecule has 3 aromatic heterocycles. The van der Waals surface area contributed by atoms with Crippen molar-refractivity contribution in [3.8, 4) is 6.07 Å². The smallest absolute Gasteiger partial charge is 0.186 e. The molecule has 0 radical (unpaired) electrons. The van der Waals surface area contributed by atoms with E-state index in [9.17, 15) is 0 Å². The van der Waals surface area contributed by atoms with Gasteiger partial charge in [0.1, 0.15) is 18.0 Å². The standard InChI is InChI=1S/C17H18N8S/c18-5-3-11-2-1-7-25(9-11)17-23-12-4-6-20-16(15(12)26-17)24-14-8-13(19)21-10-22-14/h4,6,8,10-11H,1-3,7,9H2,(H3,19,20,21,22,24)/t11-/m0/s1. The number of pyridine rings is 1. The molecule has 0 aliphatic carbocycles. The fraction of sp³-hybridized carbons (Fsp3) is 0.353. The maximum absolute atomic E-state index is 8.97. The number of fused-ring (bicyclic) bond motifs is 1. The number of hydrogen-bond donors (Lipinski definition) is 2. The van der Waals surface area contributed by atoms with Crippen LogP contribution in [0.3, 0.4) is 0 Å². The zero-order chi connectivity index (χ0) is 17.9. The highest BCUT2D eigenvalue weighted by Crippen LogP contribution is 2.35. The average molecular weight is 366 g/mol. The number of piperidine rings is 1. The Hall–Kier alpha value is -2.99. The first-order valence-electron chi connectivity index (χ1n) is 8.45. The lowest BCUT2D eigenvalue weighted by molar-refractivity contribution is 0.422. The summed E-state index contributed by atoms with van der Waals surface area (Å²) in [6, 6.07) is 5.87. The number of rotatable bonds is 4. The van der Waals surface area contributed by atoms with Crippen molar-refractivity contribution < 1.29 is 0 Å². The van der Waals surface area contributed by atoms with E-state index in [1.54, 1.807) is 23.6 Å². The Bertz CT molecular complexity index is 963. The third-order valence-electron chi connectivity index (χ3n) is 4.40. The Labute approximate surface area is 154 Å². The zero-order valence-corrected chi connectivity index (χ0v) is 14.9. The molecule has 0 unspecified atom stereocenters. The number of thiazole rings is 1. The molecule has 132 valence electrons. The zero-order valence-electron chi connectivity index (χ0n) is 14.1. The second-order valence-electron chi connectivity index (χ2n) is 6.27. The van der Waals surface area contributed by atoms with Gasteiger partial charge in [-0.15, -0.1) is 0 Å². The molecule has 0 bridgehead atoms. The van der Waals surface area contributed by atoms with E-state index in [-0.39, 0.29) is 0 Å². The van der Waals surface area contributed by atoms with Crippen LogP contribution < -0.4 is 16.0 Å². The van der Waals surface area contributed by atoms with Crippen molar-refractivity contribution in [2.45, 2.75) is 19.3 Å². The monoisotopic (exact) mass is 366 g/mol. The fourth-order valence-electron chi connectivity index (χ4n) is 3.16. The normalized spacial score (nSPS) is 17.2. The molecule has 3 N–H and O–H groups in total. The van der Waals surface area contributed by atoms with Crippen LogP contribution in [0.5, 0.6) is 0 Å². The Morgan fingerprint density at radius 2 is 2.31 bits per heavy atom. The SMILES string of the molecule is N#CC[C@@H]1CCCN(c2nc3ccnc(Nc4cc(N)ncn4)c3s2)C1. The van der Waals surface area contributed by atoms with E-state index < -0.39 is 0 Å². The molecule has 0 amide bonds. The minimum atomic E-state index is 0.400. The molecule has 4 heterocycles. The molecule has 26 heavy (non-hydrogen) atoms. The summed E-state index contributed by atoms with van der Waals surface area (Å²) in [5, 5.41) is 13.1. The molecule has 1 aliphatic heterocycles. The highest BCUT2D eigenvalue weighted by atomic mass is 32.1. The first-order chi connectivity index (χ1) is 12.7. The lowest BCUT2D eigenvalue weighted by Gasteiger charge is -2.31. The lowest BCUT2D eigenvalue weighted by atomic mass is 9.96. The first kappa shape index (κ1) is 16.5. The average Bonchev–Trinajstić information content (AvgIpc) is 3.08. The van der Waals surface area contributed by atoms with Crippen molar-refractivity contribution in [3.63, 3.8) is 0 Å². The quantitative estimate of drug-likeness (QED) is 0.724. The highest BCUT2D eigenvalue weighted by molar-refractivity contribution is 7.22. The van der Waals surface area contributed by atoms with E-state index in [2.05, 4.69) is 31.2 Å². The number of aromatic nitrogens is 4. The van der Waals surface area contributed by atoms with E-state index >= 15 is 0 Å². The van der Waals surface area contributed by atoms with Gasteiger partial charge in [-0.05, 0) is 24.8 Å². The van der Waals surface area contributed by atoms with Gasteiger partial charge in [0.15, 0.2) is 10.9 Å². The van der Waals surface area contributed by atoms with E-state index in [1.807, 2.05) is 6.07 Å². The number of nitrogens with one attached hydrogen (secondary N) is 1. The molecule has 0 spiro atoms. The predicted octanol–water partition coefficient (Wildman–Crippen LogP) is 2.94. The third kappa shape index (κ3) is 3.36. The van der Waals surface area contributed by atoms with Crippen molar-refractivity contribution in [1.29, 1.82) is 5.26 Å². The summed E-state index contributed by atoms with van der Waals surface area (Å²) < 4.78 is 0.974. The Balaban J connectivity index is 1.62. The van der Waals surface area contributed by atoms with E-state index in [4.69, 9.17) is 16.0 Å². The minimum absolute atomic E-state index is 0.400. The third-order valence-corrected chi connectivity index (χ3v) is 5.54. The van der Waals surface area contributed by atoms with Crippen LogP contribution in [0.4, 0.5) is 22.6 Å². The summed E-state index contributed by atoms with van der Waals surface area (Å²) in [7, 11) is 0. The molecular weight excluding hydrogens is 348 g/mol. The van der Waals surface area contributed by atoms with Crippen molar-refractivity contribution in [2.24, 2.45) is 5.92 Å². The molecule has 1 fully saturated rings. The summed E-state index contributed by atoms with van der Waals surface area (Å²) in [6.45, 7) is 1.85. The summed E-state index contributed by atoms with van der Waals surface area (Å²) in [6.07, 6.45) is 5.95. The Kier molecular flexibility index (Phi) is 4.50. The molecule has 1 atom stereocenters. The van der Waals surface area contributed by atoms with Gasteiger partial charge in [-0.3, -0.25) is 0 Å². The second-order valence-corrected chi connectivity index (χ2v) is 7.25. The maximum Gasteiger partial charge on any atom is 0.186 e. The number of hydrogen-bond acceptors (Lipinski definition) is 9. The van der Waals surface area contributed by atoms with Crippen LogP contribution in [0.15, 0.2) is 24.7 Å². The Morgan fingerprint density at radius 3 is 3.15 bits per heavy atom. The summed E-state index contributed by atoms with van der Waals surface area (Å²) in [5.74, 6) is 2.12. The predicted molar refractivity (Wildman–Crippen MR) is 102 cm³/mol. The van der Waals surface area contributed by atoms with Gasteiger partial charge in [-0.1, -0.05) is 11.3 Å². The van der Waals surface area contributed by atoms with Gasteiger partial charge in [0.05, 0.1) is 16.3 Å². The number of nitrogens with zero attached hydrogens (tertiary/aromatic N) is 6. The van der Waals surface area contributed by atoms with Gasteiger partial charge in [0.2, 0.25) is 0 Å². The number of nitrogen functional groups attached to an aromatic ring is 1. The molecule has 1 aliphatic rings. The van der Waals surface area contributed by atoms with Crippen LogP contribution in [0.25, 0.3) is 10.2 Å². The van der Waals surface area contributed by atoms with Crippen LogP contribution in [0.1, 0.15) is 19.3 Å². The van der Waals surface area contributed by atoms with Crippen LogP contribution in [-0.2, 0) is 0 Å². The minimum Gasteiger partial charge on any atom is -0.384 e. The number of anilines is 4. The van der Waals surface area contributed by atoms with Gasteiger partial charge in [-0.2, -0.15) is 5.26 Å². The largest absolute Gasteiger partial charge is 0.384 e. The molecule has 0 saturated carbocycles. The number of nitrogens with two attached hydrogens (primary N) is 1. The summed E-state index contributed by atoms with van der Waals surface area (Å²) in [4.78, 5) is 19.6. The van der Waals surface area contributed by atoms with Gasteiger partial charge in [0, 0.05) is 31.8 Å². The summed E-state index contributed by atoms with van der Waals surface area (Å²) >= 11 is 1.61. The number of nitriles is 1. The van der Waals surface area contributed by atoms with Gasteiger partial charge < -0.3 is 16.0 Å². The molecule has 8 nitrogen and oxygen atoms in total. The first-order valence-corrected chi connectivity index (χ1v) is 9.26. The highest BCUT2D eigenvalue weighted by Gasteiger charge is 2.23. The fourth-order valence-corrected chi connectivity index (χ4v) is 4.20. The van der Waals surface area contributed by atoms with Crippen LogP contribution in [0, 0.1) is 17.2 Å². The van der Waals surface area contributed by atoms with Crippen molar-refractivity contribution in [1.82, 2.24) is 19.9 Å². The van der Waals surface area contributed by atoms with Crippen LogP contribution in [0.2, 0.25) is 0 Å². The molecule has 0 aromatic carbocycles. The summed E-state index contributed by atoms with van der Waals surface area (Å²) in [5.41, 5.74) is 6.61. The Morgan fingerprint density at radius 1 is 1.38 bits per heavy atom. The van der Waals surface area contributed by atoms with Crippen molar-refractivity contribution >= 4 is 44.1 Å². The molecule has 9 heteroatoms.